The summed E-state index contributed by atoms with van der Waals surface area (Å²) in [5.74, 6) is 0.542. The molecule has 2 aromatic carbocycles. The number of nitrogens with zero attached hydrogens (tertiary/aromatic N) is 2. The van der Waals surface area contributed by atoms with Crippen LogP contribution in [0.2, 0.25) is 0 Å². The van der Waals surface area contributed by atoms with Gasteiger partial charge < -0.3 is 15.5 Å². The molecule has 1 amide bonds. The molecule has 1 fully saturated rings. The Bertz CT molecular complexity index is 714. The molecule has 0 bridgehead atoms. The molecule has 2 unspecified atom stereocenters. The standard InChI is InChI=1S/C22H29N3O/c1-3-24(15-18-7-5-4-6-8-18)21-11-9-20(10-12-21)22(26)25-16-19(14-23)13-17(25)2/h4-12,17,19H,3,13-16,23H2,1-2H3. The molecule has 2 N–H and O–H groups in total. The van der Waals surface area contributed by atoms with Gasteiger partial charge in [-0.1, -0.05) is 30.3 Å². The number of amides is 1. The Labute approximate surface area is 156 Å². The van der Waals surface area contributed by atoms with Gasteiger partial charge in [-0.15, -0.1) is 0 Å². The summed E-state index contributed by atoms with van der Waals surface area (Å²) in [4.78, 5) is 17.1. The van der Waals surface area contributed by atoms with E-state index in [1.807, 2.05) is 23.1 Å². The van der Waals surface area contributed by atoms with Crippen molar-refractivity contribution in [1.29, 1.82) is 0 Å². The number of benzene rings is 2. The van der Waals surface area contributed by atoms with Gasteiger partial charge in [0.15, 0.2) is 0 Å². The first kappa shape index (κ1) is 18.5. The van der Waals surface area contributed by atoms with E-state index >= 15 is 0 Å². The summed E-state index contributed by atoms with van der Waals surface area (Å²) in [6.07, 6.45) is 1.00. The Kier molecular flexibility index (Phi) is 5.94. The average molecular weight is 351 g/mol. The molecule has 0 radical (unpaired) electrons. The van der Waals surface area contributed by atoms with E-state index in [1.54, 1.807) is 0 Å². The van der Waals surface area contributed by atoms with Crippen molar-refractivity contribution in [2.24, 2.45) is 11.7 Å². The molecule has 4 nitrogen and oxygen atoms in total. The number of hydrogen-bond acceptors (Lipinski definition) is 3. The quantitative estimate of drug-likeness (QED) is 0.866. The first-order chi connectivity index (χ1) is 12.6. The van der Waals surface area contributed by atoms with Crippen molar-refractivity contribution < 1.29 is 4.79 Å². The van der Waals surface area contributed by atoms with Crippen LogP contribution in [0.25, 0.3) is 0 Å². The van der Waals surface area contributed by atoms with Crippen LogP contribution >= 0.6 is 0 Å². The number of likely N-dealkylation sites (tertiary alicyclic amines) is 1. The Morgan fingerprint density at radius 3 is 2.42 bits per heavy atom. The molecule has 1 heterocycles. The van der Waals surface area contributed by atoms with E-state index in [0.717, 1.165) is 37.3 Å². The Morgan fingerprint density at radius 2 is 1.85 bits per heavy atom. The minimum Gasteiger partial charge on any atom is -0.367 e. The van der Waals surface area contributed by atoms with Crippen molar-refractivity contribution in [2.45, 2.75) is 32.9 Å². The molecule has 0 aliphatic carbocycles. The zero-order chi connectivity index (χ0) is 18.5. The highest BCUT2D eigenvalue weighted by Crippen LogP contribution is 2.25. The van der Waals surface area contributed by atoms with Gasteiger partial charge >= 0.3 is 0 Å². The van der Waals surface area contributed by atoms with Crippen LogP contribution in [0.15, 0.2) is 54.6 Å². The molecule has 1 aliphatic heterocycles. The summed E-state index contributed by atoms with van der Waals surface area (Å²) in [7, 11) is 0. The van der Waals surface area contributed by atoms with Crippen LogP contribution < -0.4 is 10.6 Å². The number of hydrogen-bond donors (Lipinski definition) is 1. The van der Waals surface area contributed by atoms with Crippen LogP contribution in [0.1, 0.15) is 36.2 Å². The molecule has 0 aromatic heterocycles. The topological polar surface area (TPSA) is 49.6 Å². The molecular weight excluding hydrogens is 322 g/mol. The molecule has 3 rings (SSSR count). The maximum Gasteiger partial charge on any atom is 0.254 e. The van der Waals surface area contributed by atoms with E-state index in [0.29, 0.717) is 12.5 Å². The lowest BCUT2D eigenvalue weighted by atomic mass is 10.1. The minimum absolute atomic E-state index is 0.117. The Hall–Kier alpha value is -2.33. The predicted octanol–water partition coefficient (Wildman–Crippen LogP) is 3.52. The number of rotatable bonds is 6. The highest BCUT2D eigenvalue weighted by atomic mass is 16.2. The van der Waals surface area contributed by atoms with Gasteiger partial charge in [0.2, 0.25) is 0 Å². The van der Waals surface area contributed by atoms with Crippen LogP contribution in [0.5, 0.6) is 0 Å². The third kappa shape index (κ3) is 4.07. The molecule has 1 aliphatic rings. The molecule has 1 saturated heterocycles. The number of carbonyl (C=O) groups excluding carboxylic acids is 1. The summed E-state index contributed by atoms with van der Waals surface area (Å²) in [6.45, 7) is 7.47. The van der Waals surface area contributed by atoms with Gasteiger partial charge in [-0.05, 0) is 62.6 Å². The maximum absolute atomic E-state index is 12.8. The van der Waals surface area contributed by atoms with Crippen molar-refractivity contribution in [2.75, 3.05) is 24.5 Å². The maximum atomic E-state index is 12.8. The lowest BCUT2D eigenvalue weighted by Gasteiger charge is -2.25. The third-order valence-electron chi connectivity index (χ3n) is 5.33. The van der Waals surface area contributed by atoms with Crippen LogP contribution in [0.3, 0.4) is 0 Å². The Balaban J connectivity index is 1.70. The molecule has 0 saturated carbocycles. The zero-order valence-corrected chi connectivity index (χ0v) is 15.8. The summed E-state index contributed by atoms with van der Waals surface area (Å²) in [6, 6.07) is 18.7. The van der Waals surface area contributed by atoms with Gasteiger partial charge in [0, 0.05) is 36.9 Å². The first-order valence-corrected chi connectivity index (χ1v) is 9.52. The number of nitrogens with two attached hydrogens (primary N) is 1. The zero-order valence-electron chi connectivity index (χ0n) is 15.8. The third-order valence-corrected chi connectivity index (χ3v) is 5.33. The van der Waals surface area contributed by atoms with Crippen LogP contribution in [0, 0.1) is 5.92 Å². The van der Waals surface area contributed by atoms with Crippen LogP contribution in [-0.4, -0.2) is 36.5 Å². The fraction of sp³-hybridized carbons (Fsp3) is 0.409. The molecule has 2 aromatic rings. The minimum atomic E-state index is 0.117. The molecule has 0 spiro atoms. The normalized spacial score (nSPS) is 19.6. The molecule has 4 heteroatoms. The smallest absolute Gasteiger partial charge is 0.254 e. The van der Waals surface area contributed by atoms with Crippen molar-refractivity contribution >= 4 is 11.6 Å². The number of anilines is 1. The van der Waals surface area contributed by atoms with E-state index < -0.39 is 0 Å². The largest absolute Gasteiger partial charge is 0.367 e. The van der Waals surface area contributed by atoms with Crippen LogP contribution in [-0.2, 0) is 6.54 Å². The predicted molar refractivity (Wildman–Crippen MR) is 107 cm³/mol. The van der Waals surface area contributed by atoms with Crippen molar-refractivity contribution in [3.8, 4) is 0 Å². The average Bonchev–Trinajstić information content (AvgIpc) is 3.07. The SMILES string of the molecule is CCN(Cc1ccccc1)c1ccc(C(=O)N2CC(CN)CC2C)cc1. The fourth-order valence-electron chi connectivity index (χ4n) is 3.77. The highest BCUT2D eigenvalue weighted by molar-refractivity contribution is 5.95. The number of carbonyl (C=O) groups is 1. The van der Waals surface area contributed by atoms with Gasteiger partial charge in [0.1, 0.15) is 0 Å². The highest BCUT2D eigenvalue weighted by Gasteiger charge is 2.32. The lowest BCUT2D eigenvalue weighted by molar-refractivity contribution is 0.0743. The molecule has 2 atom stereocenters. The van der Waals surface area contributed by atoms with E-state index in [9.17, 15) is 4.79 Å². The molecule has 26 heavy (non-hydrogen) atoms. The van der Waals surface area contributed by atoms with E-state index in [4.69, 9.17) is 5.73 Å². The molecule has 138 valence electrons. The second-order valence-corrected chi connectivity index (χ2v) is 7.19. The van der Waals surface area contributed by atoms with E-state index in [-0.39, 0.29) is 11.9 Å². The summed E-state index contributed by atoms with van der Waals surface area (Å²) in [5.41, 5.74) is 8.97. The van der Waals surface area contributed by atoms with Gasteiger partial charge in [-0.3, -0.25) is 4.79 Å². The summed E-state index contributed by atoms with van der Waals surface area (Å²) >= 11 is 0. The van der Waals surface area contributed by atoms with Gasteiger partial charge in [-0.2, -0.15) is 0 Å². The first-order valence-electron chi connectivity index (χ1n) is 9.52. The summed E-state index contributed by atoms with van der Waals surface area (Å²) < 4.78 is 0. The van der Waals surface area contributed by atoms with Gasteiger partial charge in [0.05, 0.1) is 0 Å². The van der Waals surface area contributed by atoms with E-state index in [1.165, 1.54) is 5.56 Å². The second-order valence-electron chi connectivity index (χ2n) is 7.19. The fourth-order valence-corrected chi connectivity index (χ4v) is 3.77. The Morgan fingerprint density at radius 1 is 1.15 bits per heavy atom. The van der Waals surface area contributed by atoms with Crippen molar-refractivity contribution in [3.05, 3.63) is 65.7 Å². The summed E-state index contributed by atoms with van der Waals surface area (Å²) in [5, 5.41) is 0. The lowest BCUT2D eigenvalue weighted by Crippen LogP contribution is -2.34. The van der Waals surface area contributed by atoms with Crippen molar-refractivity contribution in [1.82, 2.24) is 4.90 Å². The second kappa shape index (κ2) is 8.37. The van der Waals surface area contributed by atoms with Crippen LogP contribution in [0.4, 0.5) is 5.69 Å². The van der Waals surface area contributed by atoms with Crippen molar-refractivity contribution in [3.63, 3.8) is 0 Å². The van der Waals surface area contributed by atoms with E-state index in [2.05, 4.69) is 55.1 Å². The monoisotopic (exact) mass is 351 g/mol. The van der Waals surface area contributed by atoms with Gasteiger partial charge in [0.25, 0.3) is 5.91 Å². The van der Waals surface area contributed by atoms with Gasteiger partial charge in [-0.25, -0.2) is 0 Å². The molecular formula is C22H29N3O.